The maximum atomic E-state index is 13.0. The van der Waals surface area contributed by atoms with E-state index in [2.05, 4.69) is 27.8 Å². The van der Waals surface area contributed by atoms with Gasteiger partial charge in [-0.3, -0.25) is 0 Å². The molecule has 0 radical (unpaired) electrons. The topological polar surface area (TPSA) is 54.9 Å². The fraction of sp³-hybridized carbons (Fsp3) is 0.409. The van der Waals surface area contributed by atoms with Gasteiger partial charge in [0.25, 0.3) is 0 Å². The second-order valence-corrected chi connectivity index (χ2v) is 6.24. The Bertz CT molecular complexity index is 726. The second kappa shape index (κ2) is 15.2. The van der Waals surface area contributed by atoms with Gasteiger partial charge in [-0.15, -0.1) is 24.0 Å². The van der Waals surface area contributed by atoms with Crippen LogP contribution in [-0.2, 0) is 29.2 Å². The van der Waals surface area contributed by atoms with Crippen molar-refractivity contribution in [1.82, 2.24) is 10.6 Å². The van der Waals surface area contributed by atoms with Gasteiger partial charge >= 0.3 is 0 Å². The van der Waals surface area contributed by atoms with Crippen LogP contribution in [0.3, 0.4) is 0 Å². The molecule has 0 saturated heterocycles. The third-order valence-electron chi connectivity index (χ3n) is 3.97. The van der Waals surface area contributed by atoms with Gasteiger partial charge in [0.15, 0.2) is 5.96 Å². The summed E-state index contributed by atoms with van der Waals surface area (Å²) in [5.74, 6) is 0.497. The molecular formula is C22H31FIN3O2. The summed E-state index contributed by atoms with van der Waals surface area (Å²) in [4.78, 5) is 4.64. The number of nitrogens with one attached hydrogen (secondary N) is 2. The van der Waals surface area contributed by atoms with E-state index in [9.17, 15) is 4.39 Å². The minimum Gasteiger partial charge on any atom is -0.379 e. The molecule has 0 amide bonds. The smallest absolute Gasteiger partial charge is 0.191 e. The zero-order chi connectivity index (χ0) is 20.0. The van der Waals surface area contributed by atoms with Gasteiger partial charge in [-0.25, -0.2) is 9.38 Å². The van der Waals surface area contributed by atoms with Crippen LogP contribution in [0.5, 0.6) is 0 Å². The summed E-state index contributed by atoms with van der Waals surface area (Å²) in [6, 6.07) is 14.7. The minimum atomic E-state index is -0.230. The molecule has 0 aliphatic heterocycles. The van der Waals surface area contributed by atoms with E-state index in [1.54, 1.807) is 12.1 Å². The molecule has 0 aliphatic carbocycles. The molecular weight excluding hydrogens is 484 g/mol. The van der Waals surface area contributed by atoms with Crippen molar-refractivity contribution in [2.24, 2.45) is 4.99 Å². The number of benzene rings is 2. The van der Waals surface area contributed by atoms with E-state index in [-0.39, 0.29) is 29.8 Å². The van der Waals surface area contributed by atoms with Crippen molar-refractivity contribution in [2.45, 2.75) is 33.5 Å². The molecule has 0 aromatic heterocycles. The highest BCUT2D eigenvalue weighted by Gasteiger charge is 2.01. The summed E-state index contributed by atoms with van der Waals surface area (Å²) >= 11 is 0. The standard InChI is InChI=1S/C22H30FN3O2.HI/c1-3-24-22(25-15-18-8-10-21(23)11-9-18)26-16-19-6-5-7-20(14-19)17-28-13-12-27-4-2;/h5-11,14H,3-4,12-13,15-17H2,1-2H3,(H2,24,25,26);1H. The Labute approximate surface area is 190 Å². The lowest BCUT2D eigenvalue weighted by molar-refractivity contribution is 0.0453. The molecule has 0 atom stereocenters. The molecule has 0 bridgehead atoms. The molecule has 2 aromatic rings. The first-order chi connectivity index (χ1) is 13.7. The average molecular weight is 515 g/mol. The molecule has 0 fully saturated rings. The van der Waals surface area contributed by atoms with Gasteiger partial charge in [-0.05, 0) is 42.7 Å². The lowest BCUT2D eigenvalue weighted by Gasteiger charge is -2.12. The van der Waals surface area contributed by atoms with Crippen molar-refractivity contribution < 1.29 is 13.9 Å². The maximum Gasteiger partial charge on any atom is 0.191 e. The SMILES string of the molecule is CCNC(=NCc1cccc(COCCOCC)c1)NCc1ccc(F)cc1.I. The lowest BCUT2D eigenvalue weighted by Crippen LogP contribution is -2.36. The van der Waals surface area contributed by atoms with Gasteiger partial charge in [-0.2, -0.15) is 0 Å². The monoisotopic (exact) mass is 515 g/mol. The van der Waals surface area contributed by atoms with E-state index in [4.69, 9.17) is 9.47 Å². The van der Waals surface area contributed by atoms with Crippen LogP contribution in [0.15, 0.2) is 53.5 Å². The van der Waals surface area contributed by atoms with Crippen molar-refractivity contribution in [3.8, 4) is 0 Å². The Morgan fingerprint density at radius 1 is 0.931 bits per heavy atom. The number of hydrogen-bond acceptors (Lipinski definition) is 3. The number of halogens is 2. The number of nitrogens with zero attached hydrogens (tertiary/aromatic N) is 1. The molecule has 0 saturated carbocycles. The summed E-state index contributed by atoms with van der Waals surface area (Å²) in [5, 5.41) is 6.50. The zero-order valence-electron chi connectivity index (χ0n) is 17.1. The summed E-state index contributed by atoms with van der Waals surface area (Å²) in [5.41, 5.74) is 3.23. The lowest BCUT2D eigenvalue weighted by atomic mass is 10.1. The van der Waals surface area contributed by atoms with Crippen LogP contribution >= 0.6 is 24.0 Å². The van der Waals surface area contributed by atoms with E-state index in [0.29, 0.717) is 39.5 Å². The summed E-state index contributed by atoms with van der Waals surface area (Å²) in [7, 11) is 0. The van der Waals surface area contributed by atoms with Gasteiger partial charge in [0.05, 0.1) is 26.4 Å². The normalized spacial score (nSPS) is 11.1. The first kappa shape index (κ1) is 25.3. The second-order valence-electron chi connectivity index (χ2n) is 6.24. The van der Waals surface area contributed by atoms with Crippen LogP contribution in [0.2, 0.25) is 0 Å². The van der Waals surface area contributed by atoms with E-state index in [1.165, 1.54) is 12.1 Å². The molecule has 160 valence electrons. The maximum absolute atomic E-state index is 13.0. The molecule has 0 heterocycles. The Morgan fingerprint density at radius 2 is 1.66 bits per heavy atom. The molecule has 0 aliphatic rings. The van der Waals surface area contributed by atoms with Crippen molar-refractivity contribution in [3.05, 3.63) is 71.0 Å². The van der Waals surface area contributed by atoms with Gasteiger partial charge in [0.2, 0.25) is 0 Å². The van der Waals surface area contributed by atoms with E-state index < -0.39 is 0 Å². The van der Waals surface area contributed by atoms with Gasteiger partial charge < -0.3 is 20.1 Å². The molecule has 0 unspecified atom stereocenters. The summed E-state index contributed by atoms with van der Waals surface area (Å²) in [6.45, 7) is 8.39. The molecule has 29 heavy (non-hydrogen) atoms. The number of aliphatic imine (C=N–C) groups is 1. The number of ether oxygens (including phenoxy) is 2. The van der Waals surface area contributed by atoms with Crippen molar-refractivity contribution in [1.29, 1.82) is 0 Å². The van der Waals surface area contributed by atoms with Crippen LogP contribution in [0, 0.1) is 5.82 Å². The van der Waals surface area contributed by atoms with E-state index >= 15 is 0 Å². The van der Waals surface area contributed by atoms with Gasteiger partial charge in [0, 0.05) is 19.7 Å². The van der Waals surface area contributed by atoms with E-state index in [1.807, 2.05) is 26.0 Å². The number of guanidine groups is 1. The van der Waals surface area contributed by atoms with Crippen LogP contribution in [0.1, 0.15) is 30.5 Å². The molecule has 2 aromatic carbocycles. The average Bonchev–Trinajstić information content (AvgIpc) is 2.71. The molecule has 2 N–H and O–H groups in total. The van der Waals surface area contributed by atoms with Crippen LogP contribution in [0.4, 0.5) is 4.39 Å². The molecule has 7 heteroatoms. The number of hydrogen-bond donors (Lipinski definition) is 2. The minimum absolute atomic E-state index is 0. The van der Waals surface area contributed by atoms with Crippen LogP contribution < -0.4 is 10.6 Å². The third kappa shape index (κ3) is 10.6. The number of rotatable bonds is 11. The Kier molecular flexibility index (Phi) is 13.3. The highest BCUT2D eigenvalue weighted by Crippen LogP contribution is 2.08. The molecule has 5 nitrogen and oxygen atoms in total. The van der Waals surface area contributed by atoms with Crippen LogP contribution in [-0.4, -0.2) is 32.3 Å². The first-order valence-electron chi connectivity index (χ1n) is 9.71. The Balaban J connectivity index is 0.00000420. The summed E-state index contributed by atoms with van der Waals surface area (Å²) < 4.78 is 23.9. The quantitative estimate of drug-likeness (QED) is 0.203. The Hall–Kier alpha value is -1.71. The van der Waals surface area contributed by atoms with Gasteiger partial charge in [0.1, 0.15) is 5.82 Å². The van der Waals surface area contributed by atoms with Crippen molar-refractivity contribution in [2.75, 3.05) is 26.4 Å². The predicted octanol–water partition coefficient (Wildman–Crippen LogP) is 4.25. The van der Waals surface area contributed by atoms with Gasteiger partial charge in [-0.1, -0.05) is 36.4 Å². The fourth-order valence-corrected chi connectivity index (χ4v) is 2.57. The summed E-state index contributed by atoms with van der Waals surface area (Å²) in [6.07, 6.45) is 0. The molecule has 2 rings (SSSR count). The predicted molar refractivity (Wildman–Crippen MR) is 126 cm³/mol. The highest BCUT2D eigenvalue weighted by molar-refractivity contribution is 14.0. The molecule has 0 spiro atoms. The highest BCUT2D eigenvalue weighted by atomic mass is 127. The van der Waals surface area contributed by atoms with Crippen molar-refractivity contribution in [3.63, 3.8) is 0 Å². The van der Waals surface area contributed by atoms with Crippen molar-refractivity contribution >= 4 is 29.9 Å². The van der Waals surface area contributed by atoms with Crippen LogP contribution in [0.25, 0.3) is 0 Å². The first-order valence-corrected chi connectivity index (χ1v) is 9.71. The third-order valence-corrected chi connectivity index (χ3v) is 3.97. The van der Waals surface area contributed by atoms with E-state index in [0.717, 1.165) is 29.2 Å². The largest absolute Gasteiger partial charge is 0.379 e. The fourth-order valence-electron chi connectivity index (χ4n) is 2.57. The Morgan fingerprint density at radius 3 is 2.38 bits per heavy atom. The zero-order valence-corrected chi connectivity index (χ0v) is 19.4.